The third-order valence-electron chi connectivity index (χ3n) is 3.68. The van der Waals surface area contributed by atoms with E-state index < -0.39 is 0 Å². The number of nitrogens with one attached hydrogen (secondary N) is 1. The van der Waals surface area contributed by atoms with Gasteiger partial charge in [-0.15, -0.1) is 0 Å². The summed E-state index contributed by atoms with van der Waals surface area (Å²) in [6.07, 6.45) is 5.38. The molecule has 3 heteroatoms. The first-order chi connectivity index (χ1) is 7.16. The second-order valence-electron chi connectivity index (χ2n) is 5.31. The Kier molecular flexibility index (Phi) is 3.17. The Morgan fingerprint density at radius 2 is 1.73 bits per heavy atom. The molecular formula is C12H22N2O. The molecule has 3 nitrogen and oxygen atoms in total. The van der Waals surface area contributed by atoms with Crippen molar-refractivity contribution < 1.29 is 4.79 Å². The van der Waals surface area contributed by atoms with Crippen molar-refractivity contribution in [3.63, 3.8) is 0 Å². The lowest BCUT2D eigenvalue weighted by atomic mass is 9.82. The highest BCUT2D eigenvalue weighted by Crippen LogP contribution is 2.35. The maximum absolute atomic E-state index is 11.8. The van der Waals surface area contributed by atoms with E-state index in [1.807, 2.05) is 18.7 Å². The van der Waals surface area contributed by atoms with Gasteiger partial charge in [0, 0.05) is 19.1 Å². The van der Waals surface area contributed by atoms with Crippen LogP contribution in [0.2, 0.25) is 0 Å². The van der Waals surface area contributed by atoms with Gasteiger partial charge in [-0.25, -0.2) is 4.79 Å². The summed E-state index contributed by atoms with van der Waals surface area (Å²) in [5.41, 5.74) is 0. The molecule has 2 amide bonds. The number of urea groups is 1. The van der Waals surface area contributed by atoms with Crippen LogP contribution >= 0.6 is 0 Å². The smallest absolute Gasteiger partial charge is 0.317 e. The Bertz CT molecular complexity index is 226. The van der Waals surface area contributed by atoms with Gasteiger partial charge >= 0.3 is 6.03 Å². The van der Waals surface area contributed by atoms with E-state index in [4.69, 9.17) is 0 Å². The first-order valence-electron chi connectivity index (χ1n) is 6.22. The number of carbonyl (C=O) groups excluding carboxylic acids is 1. The Balaban J connectivity index is 1.88. The van der Waals surface area contributed by atoms with Crippen LogP contribution in [-0.2, 0) is 0 Å². The van der Waals surface area contributed by atoms with Crippen molar-refractivity contribution in [3.8, 4) is 0 Å². The minimum atomic E-state index is 0.138. The Hall–Kier alpha value is -0.730. The Morgan fingerprint density at radius 1 is 1.20 bits per heavy atom. The molecule has 0 radical (unpaired) electrons. The van der Waals surface area contributed by atoms with Crippen molar-refractivity contribution in [2.75, 3.05) is 13.1 Å². The summed E-state index contributed by atoms with van der Waals surface area (Å²) >= 11 is 0. The fourth-order valence-electron chi connectivity index (χ4n) is 2.91. The summed E-state index contributed by atoms with van der Waals surface area (Å²) in [7, 11) is 0. The molecule has 86 valence electrons. The summed E-state index contributed by atoms with van der Waals surface area (Å²) < 4.78 is 0. The highest BCUT2D eigenvalue weighted by Gasteiger charge is 2.36. The largest absolute Gasteiger partial charge is 0.336 e. The lowest BCUT2D eigenvalue weighted by molar-refractivity contribution is 0.203. The van der Waals surface area contributed by atoms with Crippen LogP contribution < -0.4 is 5.32 Å². The quantitative estimate of drug-likeness (QED) is 0.707. The van der Waals surface area contributed by atoms with Crippen LogP contribution in [-0.4, -0.2) is 30.1 Å². The van der Waals surface area contributed by atoms with E-state index >= 15 is 0 Å². The molecule has 0 aromatic rings. The number of likely N-dealkylation sites (tertiary alicyclic amines) is 1. The van der Waals surface area contributed by atoms with Gasteiger partial charge in [-0.2, -0.15) is 0 Å². The molecule has 2 unspecified atom stereocenters. The van der Waals surface area contributed by atoms with Crippen molar-refractivity contribution in [2.45, 2.75) is 45.6 Å². The lowest BCUT2D eigenvalue weighted by Gasteiger charge is -2.22. The third-order valence-corrected chi connectivity index (χ3v) is 3.68. The van der Waals surface area contributed by atoms with Crippen LogP contribution in [0.5, 0.6) is 0 Å². The molecule has 0 bridgehead atoms. The van der Waals surface area contributed by atoms with Gasteiger partial charge in [0.05, 0.1) is 0 Å². The van der Waals surface area contributed by atoms with Crippen LogP contribution in [0.1, 0.15) is 39.5 Å². The van der Waals surface area contributed by atoms with Gasteiger partial charge in [0.1, 0.15) is 0 Å². The van der Waals surface area contributed by atoms with Gasteiger partial charge in [-0.3, -0.25) is 0 Å². The van der Waals surface area contributed by atoms with E-state index in [0.29, 0.717) is 0 Å². The van der Waals surface area contributed by atoms with E-state index in [1.165, 1.54) is 25.7 Å². The maximum Gasteiger partial charge on any atom is 0.317 e. The molecule has 2 fully saturated rings. The number of hydrogen-bond donors (Lipinski definition) is 1. The van der Waals surface area contributed by atoms with Crippen LogP contribution in [0, 0.1) is 11.8 Å². The second-order valence-corrected chi connectivity index (χ2v) is 5.31. The van der Waals surface area contributed by atoms with Crippen molar-refractivity contribution in [1.29, 1.82) is 0 Å². The molecule has 1 saturated heterocycles. The number of nitrogens with zero attached hydrogens (tertiary/aromatic N) is 1. The van der Waals surface area contributed by atoms with Crippen LogP contribution in [0.4, 0.5) is 4.79 Å². The van der Waals surface area contributed by atoms with Gasteiger partial charge in [0.2, 0.25) is 0 Å². The molecule has 1 N–H and O–H groups in total. The van der Waals surface area contributed by atoms with Crippen LogP contribution in [0.15, 0.2) is 0 Å². The fraction of sp³-hybridized carbons (Fsp3) is 0.917. The second kappa shape index (κ2) is 4.42. The molecule has 1 aliphatic carbocycles. The van der Waals surface area contributed by atoms with Crippen molar-refractivity contribution in [2.24, 2.45) is 11.8 Å². The van der Waals surface area contributed by atoms with Crippen molar-refractivity contribution in [3.05, 3.63) is 0 Å². The third kappa shape index (κ3) is 2.44. The van der Waals surface area contributed by atoms with Crippen molar-refractivity contribution >= 4 is 6.03 Å². The minimum absolute atomic E-state index is 0.138. The van der Waals surface area contributed by atoms with Gasteiger partial charge in [0.25, 0.3) is 0 Å². The molecule has 1 heterocycles. The first kappa shape index (κ1) is 10.8. The van der Waals surface area contributed by atoms with Gasteiger partial charge in [-0.1, -0.05) is 12.8 Å². The zero-order valence-electron chi connectivity index (χ0n) is 9.83. The summed E-state index contributed by atoms with van der Waals surface area (Å²) in [5, 5.41) is 2.98. The minimum Gasteiger partial charge on any atom is -0.336 e. The van der Waals surface area contributed by atoms with E-state index in [0.717, 1.165) is 24.9 Å². The predicted molar refractivity (Wildman–Crippen MR) is 60.7 cm³/mol. The molecule has 0 aromatic carbocycles. The van der Waals surface area contributed by atoms with Crippen LogP contribution in [0.3, 0.4) is 0 Å². The number of hydrogen-bond acceptors (Lipinski definition) is 1. The number of rotatable bonds is 1. The lowest BCUT2D eigenvalue weighted by Crippen LogP contribution is -2.41. The van der Waals surface area contributed by atoms with Gasteiger partial charge < -0.3 is 10.2 Å². The summed E-state index contributed by atoms with van der Waals surface area (Å²) in [5.74, 6) is 1.58. The molecule has 0 aromatic heterocycles. The number of amides is 2. The summed E-state index contributed by atoms with van der Waals surface area (Å²) in [6.45, 7) is 6.01. The Morgan fingerprint density at radius 3 is 2.20 bits per heavy atom. The van der Waals surface area contributed by atoms with Gasteiger partial charge in [-0.05, 0) is 38.5 Å². The van der Waals surface area contributed by atoms with E-state index in [9.17, 15) is 4.79 Å². The highest BCUT2D eigenvalue weighted by molar-refractivity contribution is 5.74. The average molecular weight is 210 g/mol. The normalized spacial score (nSPS) is 30.5. The summed E-state index contributed by atoms with van der Waals surface area (Å²) in [4.78, 5) is 13.8. The fourth-order valence-corrected chi connectivity index (χ4v) is 2.91. The first-order valence-corrected chi connectivity index (χ1v) is 6.22. The van der Waals surface area contributed by atoms with E-state index in [-0.39, 0.29) is 12.1 Å². The molecule has 0 spiro atoms. The number of fused-ring (bicyclic) bond motifs is 1. The van der Waals surface area contributed by atoms with Crippen LogP contribution in [0.25, 0.3) is 0 Å². The zero-order valence-corrected chi connectivity index (χ0v) is 9.83. The van der Waals surface area contributed by atoms with Gasteiger partial charge in [0.15, 0.2) is 0 Å². The Labute approximate surface area is 92.2 Å². The molecule has 2 atom stereocenters. The molecular weight excluding hydrogens is 188 g/mol. The van der Waals surface area contributed by atoms with E-state index in [1.54, 1.807) is 0 Å². The number of carbonyl (C=O) groups is 1. The summed E-state index contributed by atoms with van der Waals surface area (Å²) in [6, 6.07) is 0.388. The maximum atomic E-state index is 11.8. The highest BCUT2D eigenvalue weighted by atomic mass is 16.2. The molecule has 2 aliphatic rings. The molecule has 2 rings (SSSR count). The zero-order chi connectivity index (χ0) is 10.8. The average Bonchev–Trinajstić information content (AvgIpc) is 2.59. The SMILES string of the molecule is CC(C)NC(=O)N1CC2CCCCC2C1. The van der Waals surface area contributed by atoms with Crippen molar-refractivity contribution in [1.82, 2.24) is 10.2 Å². The predicted octanol–water partition coefficient (Wildman–Crippen LogP) is 2.23. The molecule has 1 saturated carbocycles. The monoisotopic (exact) mass is 210 g/mol. The standard InChI is InChI=1S/C12H22N2O/c1-9(2)13-12(15)14-7-10-5-3-4-6-11(10)8-14/h9-11H,3-8H2,1-2H3,(H,13,15). The molecule has 1 aliphatic heterocycles. The topological polar surface area (TPSA) is 32.3 Å². The molecule has 15 heavy (non-hydrogen) atoms. The van der Waals surface area contributed by atoms with E-state index in [2.05, 4.69) is 5.32 Å².